The molecule has 2 N–H and O–H groups in total. The normalized spacial score (nSPS) is 11.1. The van der Waals surface area contributed by atoms with Gasteiger partial charge in [0.25, 0.3) is 15.9 Å². The number of rotatable bonds is 5. The third kappa shape index (κ3) is 4.76. The molecule has 0 radical (unpaired) electrons. The molecule has 0 aliphatic rings. The number of amides is 1. The first-order valence-corrected chi connectivity index (χ1v) is 10.5. The Labute approximate surface area is 170 Å². The number of benzene rings is 3. The lowest BCUT2D eigenvalue weighted by Crippen LogP contribution is -2.16. The van der Waals surface area contributed by atoms with E-state index >= 15 is 0 Å². The van der Waals surface area contributed by atoms with E-state index in [1.54, 1.807) is 37.3 Å². The summed E-state index contributed by atoms with van der Waals surface area (Å²) < 4.78 is 41.9. The molecule has 1 amide bonds. The largest absolute Gasteiger partial charge is 0.322 e. The number of halogens is 2. The smallest absolute Gasteiger partial charge is 0.261 e. The molecule has 3 aromatic rings. The molecule has 0 aliphatic carbocycles. The summed E-state index contributed by atoms with van der Waals surface area (Å²) in [6.45, 7) is 1.73. The summed E-state index contributed by atoms with van der Waals surface area (Å²) in [6, 6.07) is 16.3. The molecular weight excluding hydrogens is 447 g/mol. The van der Waals surface area contributed by atoms with Crippen molar-refractivity contribution < 1.29 is 17.6 Å². The summed E-state index contributed by atoms with van der Waals surface area (Å²) in [5.41, 5.74) is 1.55. The second-order valence-corrected chi connectivity index (χ2v) is 8.65. The van der Waals surface area contributed by atoms with Gasteiger partial charge in [-0.25, -0.2) is 12.8 Å². The number of carbonyl (C=O) groups excluding carboxylic acids is 1. The Kier molecular flexibility index (Phi) is 5.81. The summed E-state index contributed by atoms with van der Waals surface area (Å²) in [4.78, 5) is 12.4. The molecule has 0 bridgehead atoms. The zero-order chi connectivity index (χ0) is 20.3. The molecule has 0 heterocycles. The number of aryl methyl sites for hydroxylation is 1. The fourth-order valence-corrected chi connectivity index (χ4v) is 3.83. The van der Waals surface area contributed by atoms with Gasteiger partial charge in [0.1, 0.15) is 5.82 Å². The van der Waals surface area contributed by atoms with E-state index in [0.717, 1.165) is 4.47 Å². The van der Waals surface area contributed by atoms with Gasteiger partial charge in [0.05, 0.1) is 4.90 Å². The minimum atomic E-state index is -3.88. The van der Waals surface area contributed by atoms with Gasteiger partial charge in [-0.15, -0.1) is 0 Å². The van der Waals surface area contributed by atoms with Crippen LogP contribution in [0.15, 0.2) is 76.1 Å². The number of hydrogen-bond acceptors (Lipinski definition) is 3. The molecule has 0 aromatic heterocycles. The number of carbonyl (C=O) groups is 1. The van der Waals surface area contributed by atoms with Crippen molar-refractivity contribution in [2.75, 3.05) is 10.0 Å². The third-order valence-corrected chi connectivity index (χ3v) is 5.86. The van der Waals surface area contributed by atoms with Crippen molar-refractivity contribution in [2.24, 2.45) is 0 Å². The van der Waals surface area contributed by atoms with Crippen LogP contribution in [0.4, 0.5) is 15.8 Å². The van der Waals surface area contributed by atoms with Crippen LogP contribution in [0, 0.1) is 12.7 Å². The minimum absolute atomic E-state index is 0.0565. The summed E-state index contributed by atoms with van der Waals surface area (Å²) in [5, 5.41) is 2.60. The third-order valence-electron chi connectivity index (χ3n) is 3.95. The van der Waals surface area contributed by atoms with E-state index in [1.807, 2.05) is 0 Å². The highest BCUT2D eigenvalue weighted by molar-refractivity contribution is 9.10. The van der Waals surface area contributed by atoms with Gasteiger partial charge in [-0.3, -0.25) is 9.52 Å². The van der Waals surface area contributed by atoms with Crippen LogP contribution in [0.3, 0.4) is 0 Å². The fraction of sp³-hybridized carbons (Fsp3) is 0.0500. The first-order valence-electron chi connectivity index (χ1n) is 8.20. The van der Waals surface area contributed by atoms with E-state index in [2.05, 4.69) is 26.0 Å². The molecule has 3 rings (SSSR count). The Bertz CT molecular complexity index is 1130. The van der Waals surface area contributed by atoms with Crippen LogP contribution in [0.2, 0.25) is 0 Å². The predicted molar refractivity (Wildman–Crippen MR) is 110 cm³/mol. The summed E-state index contributed by atoms with van der Waals surface area (Å²) in [6.07, 6.45) is 0. The highest BCUT2D eigenvalue weighted by Gasteiger charge is 2.17. The zero-order valence-corrected chi connectivity index (χ0v) is 17.1. The maximum Gasteiger partial charge on any atom is 0.261 e. The van der Waals surface area contributed by atoms with Gasteiger partial charge in [-0.1, -0.05) is 28.1 Å². The van der Waals surface area contributed by atoms with Gasteiger partial charge in [-0.2, -0.15) is 0 Å². The molecule has 0 aliphatic heterocycles. The summed E-state index contributed by atoms with van der Waals surface area (Å²) >= 11 is 3.29. The van der Waals surface area contributed by atoms with Crippen LogP contribution in [0.5, 0.6) is 0 Å². The second kappa shape index (κ2) is 8.12. The molecule has 5 nitrogen and oxygen atoms in total. The number of hydrogen-bond donors (Lipinski definition) is 2. The van der Waals surface area contributed by atoms with Crippen molar-refractivity contribution in [3.8, 4) is 0 Å². The SMILES string of the molecule is Cc1ccc(F)cc1NC(=O)c1cccc(S(=O)(=O)Nc2ccc(Br)cc2)c1. The summed E-state index contributed by atoms with van der Waals surface area (Å²) in [5.74, 6) is -1.01. The Balaban J connectivity index is 1.83. The topological polar surface area (TPSA) is 75.3 Å². The van der Waals surface area contributed by atoms with Crippen molar-refractivity contribution in [1.29, 1.82) is 0 Å². The predicted octanol–water partition coefficient (Wildman–Crippen LogP) is 4.95. The molecule has 0 fully saturated rings. The molecule has 0 unspecified atom stereocenters. The molecule has 0 spiro atoms. The molecular formula is C20H16BrFN2O3S. The molecule has 0 saturated heterocycles. The minimum Gasteiger partial charge on any atom is -0.322 e. The van der Waals surface area contributed by atoms with E-state index in [9.17, 15) is 17.6 Å². The van der Waals surface area contributed by atoms with Crippen LogP contribution in [-0.4, -0.2) is 14.3 Å². The van der Waals surface area contributed by atoms with Gasteiger partial charge in [0, 0.05) is 21.4 Å². The lowest BCUT2D eigenvalue weighted by atomic mass is 10.1. The highest BCUT2D eigenvalue weighted by Crippen LogP contribution is 2.21. The quantitative estimate of drug-likeness (QED) is 0.563. The Morgan fingerprint density at radius 1 is 1.00 bits per heavy atom. The van der Waals surface area contributed by atoms with Gasteiger partial charge in [-0.05, 0) is 67.1 Å². The average Bonchev–Trinajstić information content (AvgIpc) is 2.66. The number of sulfonamides is 1. The molecule has 8 heteroatoms. The maximum atomic E-state index is 13.4. The van der Waals surface area contributed by atoms with E-state index in [0.29, 0.717) is 16.9 Å². The molecule has 0 saturated carbocycles. The van der Waals surface area contributed by atoms with Crippen LogP contribution in [0.1, 0.15) is 15.9 Å². The Morgan fingerprint density at radius 2 is 1.71 bits per heavy atom. The lowest BCUT2D eigenvalue weighted by Gasteiger charge is -2.11. The standard InChI is InChI=1S/C20H16BrFN2O3S/c1-13-5-8-16(22)12-19(13)23-20(25)14-3-2-4-18(11-14)28(26,27)24-17-9-6-15(21)7-10-17/h2-12,24H,1H3,(H,23,25). The first-order chi connectivity index (χ1) is 13.2. The summed E-state index contributed by atoms with van der Waals surface area (Å²) in [7, 11) is -3.88. The van der Waals surface area contributed by atoms with Gasteiger partial charge in [0.2, 0.25) is 0 Å². The molecule has 144 valence electrons. The lowest BCUT2D eigenvalue weighted by molar-refractivity contribution is 0.102. The monoisotopic (exact) mass is 462 g/mol. The zero-order valence-electron chi connectivity index (χ0n) is 14.7. The fourth-order valence-electron chi connectivity index (χ4n) is 2.46. The van der Waals surface area contributed by atoms with Crippen LogP contribution in [0.25, 0.3) is 0 Å². The maximum absolute atomic E-state index is 13.4. The van der Waals surface area contributed by atoms with Crippen molar-refractivity contribution >= 4 is 43.2 Å². The highest BCUT2D eigenvalue weighted by atomic mass is 79.9. The van der Waals surface area contributed by atoms with Crippen LogP contribution in [-0.2, 0) is 10.0 Å². The van der Waals surface area contributed by atoms with Crippen LogP contribution >= 0.6 is 15.9 Å². The van der Waals surface area contributed by atoms with Crippen molar-refractivity contribution in [3.05, 3.63) is 88.1 Å². The van der Waals surface area contributed by atoms with E-state index in [-0.39, 0.29) is 10.5 Å². The molecule has 3 aromatic carbocycles. The van der Waals surface area contributed by atoms with Gasteiger partial charge < -0.3 is 5.32 Å². The Hall–Kier alpha value is -2.71. The van der Waals surface area contributed by atoms with Gasteiger partial charge in [0.15, 0.2) is 0 Å². The molecule has 0 atom stereocenters. The first kappa shape index (κ1) is 20.0. The van der Waals surface area contributed by atoms with E-state index in [4.69, 9.17) is 0 Å². The van der Waals surface area contributed by atoms with E-state index < -0.39 is 21.7 Å². The Morgan fingerprint density at radius 3 is 2.43 bits per heavy atom. The van der Waals surface area contributed by atoms with Crippen molar-refractivity contribution in [3.63, 3.8) is 0 Å². The molecule has 28 heavy (non-hydrogen) atoms. The van der Waals surface area contributed by atoms with Gasteiger partial charge >= 0.3 is 0 Å². The second-order valence-electron chi connectivity index (χ2n) is 6.05. The van der Waals surface area contributed by atoms with Crippen molar-refractivity contribution in [1.82, 2.24) is 0 Å². The van der Waals surface area contributed by atoms with Crippen molar-refractivity contribution in [2.45, 2.75) is 11.8 Å². The number of anilines is 2. The number of nitrogens with one attached hydrogen (secondary N) is 2. The average molecular weight is 463 g/mol. The van der Waals surface area contributed by atoms with E-state index in [1.165, 1.54) is 36.4 Å². The van der Waals surface area contributed by atoms with Crippen LogP contribution < -0.4 is 10.0 Å².